The van der Waals surface area contributed by atoms with Gasteiger partial charge < -0.3 is 10.3 Å². The van der Waals surface area contributed by atoms with E-state index in [4.69, 9.17) is 0 Å². The fraction of sp³-hybridized carbons (Fsp3) is 0.300. The summed E-state index contributed by atoms with van der Waals surface area (Å²) in [7, 11) is -3.32. The molecule has 0 spiro atoms. The number of nitrogens with zero attached hydrogens (tertiary/aromatic N) is 1. The van der Waals surface area contributed by atoms with Crippen LogP contribution < -0.4 is 10.0 Å². The molecule has 1 aliphatic carbocycles. The summed E-state index contributed by atoms with van der Waals surface area (Å²) in [5.74, 6) is 0.631. The van der Waals surface area contributed by atoms with Crippen molar-refractivity contribution in [3.05, 3.63) is 42.1 Å². The molecule has 146 valence electrons. The molecule has 0 aliphatic heterocycles. The second-order valence-corrected chi connectivity index (χ2v) is 9.11. The number of benzene rings is 1. The van der Waals surface area contributed by atoms with Gasteiger partial charge in [-0.15, -0.1) is 0 Å². The lowest BCUT2D eigenvalue weighted by atomic mass is 10.0. The molecule has 7 nitrogen and oxygen atoms in total. The first kappa shape index (κ1) is 18.5. The van der Waals surface area contributed by atoms with Gasteiger partial charge in [-0.05, 0) is 61.6 Å². The van der Waals surface area contributed by atoms with Gasteiger partial charge in [-0.3, -0.25) is 9.52 Å². The van der Waals surface area contributed by atoms with Crippen molar-refractivity contribution < 1.29 is 13.2 Å². The number of nitrogens with one attached hydrogen (secondary N) is 3. The number of hydrogen-bond donors (Lipinski definition) is 3. The van der Waals surface area contributed by atoms with Crippen molar-refractivity contribution >= 4 is 38.5 Å². The number of aryl methyl sites for hydroxylation is 1. The molecular formula is C20H22N4O3S. The van der Waals surface area contributed by atoms with Crippen molar-refractivity contribution in [3.63, 3.8) is 0 Å². The first-order valence-corrected chi connectivity index (χ1v) is 10.9. The maximum atomic E-state index is 12.1. The summed E-state index contributed by atoms with van der Waals surface area (Å²) >= 11 is 0. The number of H-pyrrole nitrogens is 1. The van der Waals surface area contributed by atoms with Crippen LogP contribution in [0.4, 0.5) is 11.5 Å². The van der Waals surface area contributed by atoms with Crippen LogP contribution in [-0.4, -0.2) is 30.0 Å². The first-order valence-electron chi connectivity index (χ1n) is 9.27. The van der Waals surface area contributed by atoms with Gasteiger partial charge >= 0.3 is 0 Å². The van der Waals surface area contributed by atoms with Crippen LogP contribution in [0.5, 0.6) is 0 Å². The number of amides is 1. The van der Waals surface area contributed by atoms with Crippen LogP contribution in [0.1, 0.15) is 25.3 Å². The number of aromatic amines is 1. The normalized spacial score (nSPS) is 14.2. The van der Waals surface area contributed by atoms with Crippen molar-refractivity contribution in [1.82, 2.24) is 9.97 Å². The lowest BCUT2D eigenvalue weighted by molar-refractivity contribution is -0.117. The van der Waals surface area contributed by atoms with Gasteiger partial charge in [-0.2, -0.15) is 0 Å². The van der Waals surface area contributed by atoms with Crippen molar-refractivity contribution in [3.8, 4) is 11.1 Å². The highest BCUT2D eigenvalue weighted by atomic mass is 32.2. The van der Waals surface area contributed by atoms with Crippen LogP contribution in [0, 0.1) is 12.8 Å². The van der Waals surface area contributed by atoms with Crippen LogP contribution >= 0.6 is 0 Å². The molecule has 1 aromatic carbocycles. The van der Waals surface area contributed by atoms with Crippen LogP contribution in [-0.2, 0) is 14.8 Å². The van der Waals surface area contributed by atoms with Crippen LogP contribution in [0.25, 0.3) is 22.2 Å². The maximum absolute atomic E-state index is 12.1. The third kappa shape index (κ3) is 3.73. The fourth-order valence-corrected chi connectivity index (χ4v) is 3.77. The molecule has 1 amide bonds. The van der Waals surface area contributed by atoms with E-state index in [2.05, 4.69) is 20.0 Å². The Balaban J connectivity index is 1.72. The smallest absolute Gasteiger partial charge is 0.232 e. The average Bonchev–Trinajstić information content (AvgIpc) is 3.46. The SMILES string of the molecule is CCS(=O)(=O)Nc1ccc(-c2cc(NC(=O)C3CC3)nc3[nH]cc(C)c23)cc1. The van der Waals surface area contributed by atoms with Gasteiger partial charge in [-0.1, -0.05) is 12.1 Å². The molecule has 0 radical (unpaired) electrons. The Labute approximate surface area is 163 Å². The van der Waals surface area contributed by atoms with Gasteiger partial charge in [0.1, 0.15) is 11.5 Å². The van der Waals surface area contributed by atoms with Gasteiger partial charge in [0.05, 0.1) is 5.75 Å². The Kier molecular flexibility index (Phi) is 4.58. The maximum Gasteiger partial charge on any atom is 0.232 e. The zero-order chi connectivity index (χ0) is 19.9. The lowest BCUT2D eigenvalue weighted by Gasteiger charge is -2.11. The summed E-state index contributed by atoms with van der Waals surface area (Å²) in [6.45, 7) is 3.59. The van der Waals surface area contributed by atoms with E-state index in [9.17, 15) is 13.2 Å². The zero-order valence-electron chi connectivity index (χ0n) is 15.7. The summed E-state index contributed by atoms with van der Waals surface area (Å²) in [4.78, 5) is 19.8. The molecule has 4 rings (SSSR count). The van der Waals surface area contributed by atoms with E-state index in [0.717, 1.165) is 34.9 Å². The Bertz CT molecular complexity index is 1150. The molecule has 0 unspecified atom stereocenters. The molecule has 2 aromatic heterocycles. The quantitative estimate of drug-likeness (QED) is 0.589. The second-order valence-electron chi connectivity index (χ2n) is 7.10. The molecule has 2 heterocycles. The van der Waals surface area contributed by atoms with E-state index < -0.39 is 10.0 Å². The number of fused-ring (bicyclic) bond motifs is 1. The van der Waals surface area contributed by atoms with Gasteiger partial charge in [0, 0.05) is 23.2 Å². The molecule has 8 heteroatoms. The first-order chi connectivity index (χ1) is 13.4. The van der Waals surface area contributed by atoms with Gasteiger partial charge in [0.25, 0.3) is 0 Å². The highest BCUT2D eigenvalue weighted by Gasteiger charge is 2.30. The Morgan fingerprint density at radius 2 is 1.96 bits per heavy atom. The highest BCUT2D eigenvalue weighted by Crippen LogP contribution is 2.34. The topological polar surface area (TPSA) is 104 Å². The summed E-state index contributed by atoms with van der Waals surface area (Å²) in [6, 6.07) is 9.07. The number of carbonyl (C=O) groups is 1. The minimum Gasteiger partial charge on any atom is -0.346 e. The molecule has 28 heavy (non-hydrogen) atoms. The molecule has 1 fully saturated rings. The summed E-state index contributed by atoms with van der Waals surface area (Å²) in [6.07, 6.45) is 3.74. The Morgan fingerprint density at radius 1 is 1.25 bits per heavy atom. The van der Waals surface area contributed by atoms with Gasteiger partial charge in [-0.25, -0.2) is 13.4 Å². The van der Waals surface area contributed by atoms with E-state index in [-0.39, 0.29) is 17.6 Å². The van der Waals surface area contributed by atoms with Crippen LogP contribution in [0.15, 0.2) is 36.5 Å². The molecule has 0 bridgehead atoms. The summed E-state index contributed by atoms with van der Waals surface area (Å²) in [5.41, 5.74) is 4.12. The predicted molar refractivity (Wildman–Crippen MR) is 111 cm³/mol. The van der Waals surface area contributed by atoms with Crippen molar-refractivity contribution in [2.24, 2.45) is 5.92 Å². The number of pyridine rings is 1. The highest BCUT2D eigenvalue weighted by molar-refractivity contribution is 7.92. The fourth-order valence-electron chi connectivity index (χ4n) is 3.13. The number of hydrogen-bond acceptors (Lipinski definition) is 4. The number of anilines is 2. The zero-order valence-corrected chi connectivity index (χ0v) is 16.6. The van der Waals surface area contributed by atoms with Crippen molar-refractivity contribution in [2.75, 3.05) is 15.8 Å². The number of rotatable bonds is 6. The lowest BCUT2D eigenvalue weighted by Crippen LogP contribution is -2.14. The van der Waals surface area contributed by atoms with Gasteiger partial charge in [0.15, 0.2) is 0 Å². The molecule has 0 saturated heterocycles. The van der Waals surface area contributed by atoms with Crippen molar-refractivity contribution in [1.29, 1.82) is 0 Å². The molecule has 1 saturated carbocycles. The predicted octanol–water partition coefficient (Wildman–Crippen LogP) is 3.65. The standard InChI is InChI=1S/C20H22N4O3S/c1-3-28(26,27)24-15-8-6-13(7-9-15)16-10-17(23-20(25)14-4-5-14)22-19-18(16)12(2)11-21-19/h6-11,14,24H,3-5H2,1-2H3,(H2,21,22,23,25). The Hall–Kier alpha value is -2.87. The average molecular weight is 398 g/mol. The summed E-state index contributed by atoms with van der Waals surface area (Å²) < 4.78 is 26.0. The Morgan fingerprint density at radius 3 is 2.61 bits per heavy atom. The van der Waals surface area contributed by atoms with E-state index in [1.54, 1.807) is 19.1 Å². The largest absolute Gasteiger partial charge is 0.346 e. The van der Waals surface area contributed by atoms with E-state index in [1.165, 1.54) is 0 Å². The monoisotopic (exact) mass is 398 g/mol. The molecule has 3 aromatic rings. The number of aromatic nitrogens is 2. The van der Waals surface area contributed by atoms with Crippen molar-refractivity contribution in [2.45, 2.75) is 26.7 Å². The summed E-state index contributed by atoms with van der Waals surface area (Å²) in [5, 5.41) is 3.88. The van der Waals surface area contributed by atoms with E-state index in [0.29, 0.717) is 17.2 Å². The van der Waals surface area contributed by atoms with Gasteiger partial charge in [0.2, 0.25) is 15.9 Å². The molecule has 3 N–H and O–H groups in total. The minimum absolute atomic E-state index is 0.00500. The number of sulfonamides is 1. The molecule has 0 atom stereocenters. The molecule has 1 aliphatic rings. The minimum atomic E-state index is -3.32. The third-order valence-corrected chi connectivity index (χ3v) is 6.19. The van der Waals surface area contributed by atoms with Crippen LogP contribution in [0.2, 0.25) is 0 Å². The number of carbonyl (C=O) groups excluding carboxylic acids is 1. The molecular weight excluding hydrogens is 376 g/mol. The second kappa shape index (κ2) is 6.94. The third-order valence-electron chi connectivity index (χ3n) is 4.89. The van der Waals surface area contributed by atoms with E-state index >= 15 is 0 Å². The van der Waals surface area contributed by atoms with Crippen LogP contribution in [0.3, 0.4) is 0 Å². The van der Waals surface area contributed by atoms with E-state index in [1.807, 2.05) is 31.3 Å².